The van der Waals surface area contributed by atoms with Crippen molar-refractivity contribution in [2.75, 3.05) is 7.11 Å². The zero-order valence-electron chi connectivity index (χ0n) is 12.0. The molecule has 0 saturated heterocycles. The SMILES string of the molecule is COCc1cc(C)cc(OC2C[C@H]3CC[C@@H](C2)C3)c1. The van der Waals surface area contributed by atoms with Crippen molar-refractivity contribution < 1.29 is 9.47 Å². The number of aryl methyl sites for hydroxylation is 1. The molecule has 0 N–H and O–H groups in total. The molecule has 2 saturated carbocycles. The number of rotatable bonds is 4. The number of hydrogen-bond acceptors (Lipinski definition) is 2. The van der Waals surface area contributed by atoms with Gasteiger partial charge < -0.3 is 9.47 Å². The van der Waals surface area contributed by atoms with Crippen LogP contribution in [-0.4, -0.2) is 13.2 Å². The molecule has 0 spiro atoms. The van der Waals surface area contributed by atoms with Gasteiger partial charge in [0.25, 0.3) is 0 Å². The van der Waals surface area contributed by atoms with Crippen LogP contribution in [0.2, 0.25) is 0 Å². The molecule has 104 valence electrons. The Hall–Kier alpha value is -1.02. The minimum absolute atomic E-state index is 0.434. The average molecular weight is 260 g/mol. The van der Waals surface area contributed by atoms with E-state index in [0.29, 0.717) is 12.7 Å². The fourth-order valence-corrected chi connectivity index (χ4v) is 3.88. The number of methoxy groups -OCH3 is 1. The molecule has 1 aromatic carbocycles. The highest BCUT2D eigenvalue weighted by atomic mass is 16.5. The summed E-state index contributed by atoms with van der Waals surface area (Å²) in [4.78, 5) is 0. The molecule has 2 bridgehead atoms. The third-order valence-corrected chi connectivity index (χ3v) is 4.57. The van der Waals surface area contributed by atoms with Crippen LogP contribution >= 0.6 is 0 Å². The molecule has 0 radical (unpaired) electrons. The Labute approximate surface area is 116 Å². The maximum atomic E-state index is 6.25. The summed E-state index contributed by atoms with van der Waals surface area (Å²) >= 11 is 0. The van der Waals surface area contributed by atoms with Gasteiger partial charge in [0.2, 0.25) is 0 Å². The molecule has 0 heterocycles. The zero-order chi connectivity index (χ0) is 13.2. The van der Waals surface area contributed by atoms with E-state index in [1.54, 1.807) is 7.11 Å². The molecule has 1 aromatic rings. The summed E-state index contributed by atoms with van der Waals surface area (Å²) in [6.45, 7) is 2.78. The van der Waals surface area contributed by atoms with Gasteiger partial charge in [0.1, 0.15) is 5.75 Å². The summed E-state index contributed by atoms with van der Waals surface area (Å²) in [5, 5.41) is 0. The average Bonchev–Trinajstić information content (AvgIpc) is 2.68. The van der Waals surface area contributed by atoms with E-state index in [-0.39, 0.29) is 0 Å². The first-order valence-corrected chi connectivity index (χ1v) is 7.49. The number of ether oxygens (including phenoxy) is 2. The van der Waals surface area contributed by atoms with Gasteiger partial charge in [-0.25, -0.2) is 0 Å². The minimum Gasteiger partial charge on any atom is -0.490 e. The molecule has 0 amide bonds. The lowest BCUT2D eigenvalue weighted by Crippen LogP contribution is -2.26. The normalized spacial score (nSPS) is 29.5. The maximum Gasteiger partial charge on any atom is 0.120 e. The van der Waals surface area contributed by atoms with Crippen molar-refractivity contribution >= 4 is 0 Å². The predicted molar refractivity (Wildman–Crippen MR) is 76.4 cm³/mol. The molecule has 0 aliphatic heterocycles. The van der Waals surface area contributed by atoms with Gasteiger partial charge in [-0.1, -0.05) is 18.9 Å². The third kappa shape index (κ3) is 3.11. The molecule has 2 nitrogen and oxygen atoms in total. The Balaban J connectivity index is 1.68. The number of benzene rings is 1. The number of fused-ring (bicyclic) bond motifs is 2. The second kappa shape index (κ2) is 5.54. The highest BCUT2D eigenvalue weighted by Gasteiger charge is 2.35. The predicted octanol–water partition coefficient (Wildman–Crippen LogP) is 4.10. The summed E-state index contributed by atoms with van der Waals surface area (Å²) in [6, 6.07) is 6.45. The Bertz CT molecular complexity index is 429. The lowest BCUT2D eigenvalue weighted by atomic mass is 9.87. The summed E-state index contributed by atoms with van der Waals surface area (Å²) in [6.07, 6.45) is 7.24. The minimum atomic E-state index is 0.434. The molecule has 2 fully saturated rings. The molecule has 2 aliphatic rings. The van der Waals surface area contributed by atoms with Crippen molar-refractivity contribution in [2.24, 2.45) is 11.8 Å². The van der Waals surface area contributed by atoms with Crippen LogP contribution in [0.1, 0.15) is 43.2 Å². The molecule has 2 aliphatic carbocycles. The van der Waals surface area contributed by atoms with Gasteiger partial charge in [-0.15, -0.1) is 0 Å². The molecular formula is C17H24O2. The molecule has 3 atom stereocenters. The summed E-state index contributed by atoms with van der Waals surface area (Å²) in [5.41, 5.74) is 2.46. The summed E-state index contributed by atoms with van der Waals surface area (Å²) < 4.78 is 11.5. The van der Waals surface area contributed by atoms with Crippen LogP contribution in [0.3, 0.4) is 0 Å². The fraction of sp³-hybridized carbons (Fsp3) is 0.647. The van der Waals surface area contributed by atoms with Crippen molar-refractivity contribution in [1.29, 1.82) is 0 Å². The van der Waals surface area contributed by atoms with E-state index in [1.165, 1.54) is 43.2 Å². The quantitative estimate of drug-likeness (QED) is 0.811. The molecule has 3 rings (SSSR count). The monoisotopic (exact) mass is 260 g/mol. The van der Waals surface area contributed by atoms with Crippen LogP contribution in [0.25, 0.3) is 0 Å². The second-order valence-corrected chi connectivity index (χ2v) is 6.34. The Morgan fingerprint density at radius 1 is 1.05 bits per heavy atom. The smallest absolute Gasteiger partial charge is 0.120 e. The topological polar surface area (TPSA) is 18.5 Å². The van der Waals surface area contributed by atoms with Crippen LogP contribution in [0.4, 0.5) is 0 Å². The summed E-state index contributed by atoms with van der Waals surface area (Å²) in [5.74, 6) is 2.87. The van der Waals surface area contributed by atoms with Gasteiger partial charge >= 0.3 is 0 Å². The highest BCUT2D eigenvalue weighted by Crippen LogP contribution is 2.43. The van der Waals surface area contributed by atoms with Crippen LogP contribution in [0, 0.1) is 18.8 Å². The highest BCUT2D eigenvalue weighted by molar-refractivity contribution is 5.33. The van der Waals surface area contributed by atoms with E-state index < -0.39 is 0 Å². The molecular weight excluding hydrogens is 236 g/mol. The van der Waals surface area contributed by atoms with E-state index in [1.807, 2.05) is 0 Å². The fourth-order valence-electron chi connectivity index (χ4n) is 3.88. The largest absolute Gasteiger partial charge is 0.490 e. The van der Waals surface area contributed by atoms with E-state index in [2.05, 4.69) is 25.1 Å². The third-order valence-electron chi connectivity index (χ3n) is 4.57. The molecule has 0 aromatic heterocycles. The van der Waals surface area contributed by atoms with E-state index in [9.17, 15) is 0 Å². The molecule has 2 heteroatoms. The van der Waals surface area contributed by atoms with Crippen molar-refractivity contribution in [3.8, 4) is 5.75 Å². The number of hydrogen-bond donors (Lipinski definition) is 0. The zero-order valence-corrected chi connectivity index (χ0v) is 12.0. The lowest BCUT2D eigenvalue weighted by Gasteiger charge is -2.28. The van der Waals surface area contributed by atoms with Crippen molar-refractivity contribution in [1.82, 2.24) is 0 Å². The van der Waals surface area contributed by atoms with Gasteiger partial charge in [0, 0.05) is 7.11 Å². The first-order chi connectivity index (χ1) is 9.22. The van der Waals surface area contributed by atoms with Gasteiger partial charge in [-0.3, -0.25) is 0 Å². The Morgan fingerprint density at radius 3 is 2.47 bits per heavy atom. The van der Waals surface area contributed by atoms with Crippen LogP contribution in [-0.2, 0) is 11.3 Å². The van der Waals surface area contributed by atoms with Crippen LogP contribution < -0.4 is 4.74 Å². The second-order valence-electron chi connectivity index (χ2n) is 6.34. The van der Waals surface area contributed by atoms with E-state index in [0.717, 1.165) is 17.6 Å². The van der Waals surface area contributed by atoms with Gasteiger partial charge in [-0.2, -0.15) is 0 Å². The van der Waals surface area contributed by atoms with Gasteiger partial charge in [0.05, 0.1) is 12.7 Å². The Kier molecular flexibility index (Phi) is 3.79. The molecule has 19 heavy (non-hydrogen) atoms. The van der Waals surface area contributed by atoms with Crippen molar-refractivity contribution in [2.45, 2.75) is 51.7 Å². The first kappa shape index (κ1) is 13.0. The van der Waals surface area contributed by atoms with Gasteiger partial charge in [-0.05, 0) is 61.3 Å². The first-order valence-electron chi connectivity index (χ1n) is 7.49. The standard InChI is InChI=1S/C17H24O2/c1-12-5-15(11-18-2)10-16(6-12)19-17-8-13-3-4-14(7-13)9-17/h5-6,10,13-14,17H,3-4,7-9,11H2,1-2H3/t13-,14+,17?. The van der Waals surface area contributed by atoms with Crippen molar-refractivity contribution in [3.63, 3.8) is 0 Å². The molecule has 1 unspecified atom stereocenters. The van der Waals surface area contributed by atoms with Crippen molar-refractivity contribution in [3.05, 3.63) is 29.3 Å². The Morgan fingerprint density at radius 2 is 1.79 bits per heavy atom. The lowest BCUT2D eigenvalue weighted by molar-refractivity contribution is 0.118. The van der Waals surface area contributed by atoms with Crippen LogP contribution in [0.5, 0.6) is 5.75 Å². The van der Waals surface area contributed by atoms with E-state index >= 15 is 0 Å². The maximum absolute atomic E-state index is 6.25. The van der Waals surface area contributed by atoms with Crippen LogP contribution in [0.15, 0.2) is 18.2 Å². The summed E-state index contributed by atoms with van der Waals surface area (Å²) in [7, 11) is 1.74. The van der Waals surface area contributed by atoms with E-state index in [4.69, 9.17) is 9.47 Å². The van der Waals surface area contributed by atoms with Gasteiger partial charge in [0.15, 0.2) is 0 Å².